The van der Waals surface area contributed by atoms with Gasteiger partial charge in [0, 0.05) is 18.3 Å². The molecule has 0 radical (unpaired) electrons. The Kier molecular flexibility index (Phi) is 2.31. The fraction of sp³-hybridized carbons (Fsp3) is 0.375. The zero-order valence-corrected chi connectivity index (χ0v) is 7.10. The highest BCUT2D eigenvalue weighted by Crippen LogP contribution is 2.11. The van der Waals surface area contributed by atoms with E-state index in [4.69, 9.17) is 14.8 Å². The van der Waals surface area contributed by atoms with Gasteiger partial charge in [0.15, 0.2) is 0 Å². The number of ether oxygens (including phenoxy) is 1. The van der Waals surface area contributed by atoms with Crippen molar-refractivity contribution >= 4 is 12.6 Å². The second-order valence-corrected chi connectivity index (χ2v) is 3.00. The minimum absolute atomic E-state index is 0.427. The fourth-order valence-corrected chi connectivity index (χ4v) is 1.52. The lowest BCUT2D eigenvalue weighted by molar-refractivity contribution is 0.109. The fourth-order valence-electron chi connectivity index (χ4n) is 1.52. The molecule has 1 aliphatic rings. The standard InChI is InChI=1S/C8H10BNO3/c11-9(12)7-1-3-10-8-2-4-13-5-6(7)8/h1,3,11-12H,2,4-5H2. The van der Waals surface area contributed by atoms with Crippen molar-refractivity contribution in [1.82, 2.24) is 4.98 Å². The molecule has 1 aliphatic heterocycles. The molecule has 13 heavy (non-hydrogen) atoms. The topological polar surface area (TPSA) is 62.6 Å². The van der Waals surface area contributed by atoms with Crippen LogP contribution in [0.15, 0.2) is 12.3 Å². The third kappa shape index (κ3) is 1.58. The average molecular weight is 179 g/mol. The van der Waals surface area contributed by atoms with E-state index in [2.05, 4.69) is 4.98 Å². The summed E-state index contributed by atoms with van der Waals surface area (Å²) in [5.41, 5.74) is 2.24. The van der Waals surface area contributed by atoms with Gasteiger partial charge >= 0.3 is 7.12 Å². The summed E-state index contributed by atoms with van der Waals surface area (Å²) in [5, 5.41) is 18.1. The Bertz CT molecular complexity index is 316. The lowest BCUT2D eigenvalue weighted by Gasteiger charge is -2.18. The molecule has 2 N–H and O–H groups in total. The molecule has 1 aromatic heterocycles. The summed E-state index contributed by atoms with van der Waals surface area (Å²) in [6, 6.07) is 1.61. The van der Waals surface area contributed by atoms with Crippen molar-refractivity contribution in [2.45, 2.75) is 13.0 Å². The van der Waals surface area contributed by atoms with Crippen molar-refractivity contribution in [1.29, 1.82) is 0 Å². The summed E-state index contributed by atoms with van der Waals surface area (Å²) < 4.78 is 5.22. The van der Waals surface area contributed by atoms with Crippen LogP contribution in [-0.2, 0) is 17.8 Å². The van der Waals surface area contributed by atoms with E-state index in [0.717, 1.165) is 17.7 Å². The predicted octanol–water partition coefficient (Wildman–Crippen LogP) is -1.17. The lowest BCUT2D eigenvalue weighted by Crippen LogP contribution is -2.36. The summed E-state index contributed by atoms with van der Waals surface area (Å²) in [4.78, 5) is 4.16. The summed E-state index contributed by atoms with van der Waals surface area (Å²) in [6.45, 7) is 1.08. The molecular weight excluding hydrogens is 169 g/mol. The van der Waals surface area contributed by atoms with Crippen molar-refractivity contribution < 1.29 is 14.8 Å². The van der Waals surface area contributed by atoms with Gasteiger partial charge in [-0.05, 0) is 17.1 Å². The zero-order chi connectivity index (χ0) is 9.26. The lowest BCUT2D eigenvalue weighted by atomic mass is 9.76. The van der Waals surface area contributed by atoms with Crippen molar-refractivity contribution in [2.24, 2.45) is 0 Å². The van der Waals surface area contributed by atoms with Crippen molar-refractivity contribution in [2.75, 3.05) is 6.61 Å². The maximum Gasteiger partial charge on any atom is 0.488 e. The van der Waals surface area contributed by atoms with Crippen LogP contribution < -0.4 is 5.46 Å². The first-order valence-electron chi connectivity index (χ1n) is 4.19. The number of hydrogen-bond acceptors (Lipinski definition) is 4. The highest BCUT2D eigenvalue weighted by Gasteiger charge is 2.21. The molecule has 0 unspecified atom stereocenters. The summed E-state index contributed by atoms with van der Waals surface area (Å²) in [6.07, 6.45) is 2.34. The van der Waals surface area contributed by atoms with Gasteiger partial charge in [-0.1, -0.05) is 0 Å². The molecule has 0 aliphatic carbocycles. The van der Waals surface area contributed by atoms with E-state index in [1.165, 1.54) is 0 Å². The molecule has 2 rings (SSSR count). The monoisotopic (exact) mass is 179 g/mol. The Labute approximate surface area is 76.3 Å². The Balaban J connectivity index is 2.46. The number of rotatable bonds is 1. The highest BCUT2D eigenvalue weighted by atomic mass is 16.5. The van der Waals surface area contributed by atoms with Gasteiger partial charge in [0.2, 0.25) is 0 Å². The third-order valence-corrected chi connectivity index (χ3v) is 2.19. The van der Waals surface area contributed by atoms with Crippen LogP contribution in [0.2, 0.25) is 0 Å². The van der Waals surface area contributed by atoms with E-state index >= 15 is 0 Å². The number of hydrogen-bond donors (Lipinski definition) is 2. The third-order valence-electron chi connectivity index (χ3n) is 2.19. The van der Waals surface area contributed by atoms with Gasteiger partial charge in [0.1, 0.15) is 0 Å². The van der Waals surface area contributed by atoms with E-state index in [0.29, 0.717) is 18.7 Å². The van der Waals surface area contributed by atoms with Crippen molar-refractivity contribution in [3.63, 3.8) is 0 Å². The van der Waals surface area contributed by atoms with E-state index in [1.807, 2.05) is 0 Å². The van der Waals surface area contributed by atoms with E-state index in [1.54, 1.807) is 12.3 Å². The smallest absolute Gasteiger partial charge is 0.423 e. The maximum atomic E-state index is 9.05. The number of pyridine rings is 1. The Morgan fingerprint density at radius 2 is 2.31 bits per heavy atom. The first-order chi connectivity index (χ1) is 6.29. The van der Waals surface area contributed by atoms with Crippen LogP contribution >= 0.6 is 0 Å². The summed E-state index contributed by atoms with van der Waals surface area (Å²) >= 11 is 0. The molecule has 0 saturated heterocycles. The van der Waals surface area contributed by atoms with E-state index in [-0.39, 0.29) is 0 Å². The van der Waals surface area contributed by atoms with Gasteiger partial charge in [-0.25, -0.2) is 0 Å². The first kappa shape index (κ1) is 8.68. The van der Waals surface area contributed by atoms with Crippen LogP contribution in [0, 0.1) is 0 Å². The van der Waals surface area contributed by atoms with Gasteiger partial charge in [0.05, 0.1) is 13.2 Å². The molecular formula is C8H10BNO3. The van der Waals surface area contributed by atoms with Crippen molar-refractivity contribution in [3.8, 4) is 0 Å². The van der Waals surface area contributed by atoms with Gasteiger partial charge in [-0.2, -0.15) is 0 Å². The SMILES string of the molecule is OB(O)c1ccnc2c1COCC2. The molecule has 0 aromatic carbocycles. The van der Waals surface area contributed by atoms with E-state index < -0.39 is 7.12 Å². The Hall–Kier alpha value is -0.905. The largest absolute Gasteiger partial charge is 0.488 e. The van der Waals surface area contributed by atoms with Crippen LogP contribution in [0.25, 0.3) is 0 Å². The van der Waals surface area contributed by atoms with Crippen LogP contribution in [0.3, 0.4) is 0 Å². The van der Waals surface area contributed by atoms with E-state index in [9.17, 15) is 0 Å². The van der Waals surface area contributed by atoms with Gasteiger partial charge in [-0.3, -0.25) is 4.98 Å². The minimum atomic E-state index is -1.43. The first-order valence-corrected chi connectivity index (χ1v) is 4.19. The predicted molar refractivity (Wildman–Crippen MR) is 47.4 cm³/mol. The molecule has 0 bridgehead atoms. The number of nitrogens with zero attached hydrogens (tertiary/aromatic N) is 1. The molecule has 0 atom stereocenters. The maximum absolute atomic E-state index is 9.05. The zero-order valence-electron chi connectivity index (χ0n) is 7.10. The second kappa shape index (κ2) is 3.45. The second-order valence-electron chi connectivity index (χ2n) is 3.00. The average Bonchev–Trinajstić information content (AvgIpc) is 2.17. The normalized spacial score (nSPS) is 15.2. The highest BCUT2D eigenvalue weighted by molar-refractivity contribution is 6.59. The van der Waals surface area contributed by atoms with Gasteiger partial charge in [0.25, 0.3) is 0 Å². The molecule has 0 spiro atoms. The van der Waals surface area contributed by atoms with Crippen LogP contribution in [-0.4, -0.2) is 28.8 Å². The molecule has 1 aromatic rings. The Morgan fingerprint density at radius 1 is 1.46 bits per heavy atom. The molecule has 4 nitrogen and oxygen atoms in total. The quantitative estimate of drug-likeness (QED) is 0.533. The summed E-state index contributed by atoms with van der Waals surface area (Å²) in [7, 11) is -1.43. The van der Waals surface area contributed by atoms with Crippen LogP contribution in [0.1, 0.15) is 11.3 Å². The van der Waals surface area contributed by atoms with Gasteiger partial charge < -0.3 is 14.8 Å². The van der Waals surface area contributed by atoms with Crippen LogP contribution in [0.4, 0.5) is 0 Å². The number of fused-ring (bicyclic) bond motifs is 1. The molecule has 0 fully saturated rings. The summed E-state index contributed by atoms with van der Waals surface area (Å²) in [5.74, 6) is 0. The molecule has 2 heterocycles. The minimum Gasteiger partial charge on any atom is -0.423 e. The molecule has 5 heteroatoms. The molecule has 0 amide bonds. The van der Waals surface area contributed by atoms with Crippen LogP contribution in [0.5, 0.6) is 0 Å². The molecule has 68 valence electrons. The van der Waals surface area contributed by atoms with Crippen molar-refractivity contribution in [3.05, 3.63) is 23.5 Å². The number of aromatic nitrogens is 1. The van der Waals surface area contributed by atoms with Gasteiger partial charge in [-0.15, -0.1) is 0 Å². The Morgan fingerprint density at radius 3 is 3.08 bits per heavy atom. The molecule has 0 saturated carbocycles.